The van der Waals surface area contributed by atoms with Gasteiger partial charge in [0.05, 0.1) is 12.6 Å². The molecule has 116 valence electrons. The lowest BCUT2D eigenvalue weighted by Gasteiger charge is -2.25. The molecule has 1 atom stereocenters. The molecule has 1 aromatic carbocycles. The number of aliphatic hydroxyl groups is 1. The van der Waals surface area contributed by atoms with Crippen LogP contribution in [-0.4, -0.2) is 42.8 Å². The zero-order valence-electron chi connectivity index (χ0n) is 12.5. The molecule has 0 aliphatic rings. The van der Waals surface area contributed by atoms with Crippen LogP contribution >= 0.6 is 0 Å². The van der Waals surface area contributed by atoms with Crippen molar-refractivity contribution < 1.29 is 14.7 Å². The number of nitrogens with one attached hydrogen (secondary N) is 2. The van der Waals surface area contributed by atoms with Gasteiger partial charge in [-0.2, -0.15) is 0 Å². The van der Waals surface area contributed by atoms with Crippen LogP contribution in [0, 0.1) is 0 Å². The third-order valence-electron chi connectivity index (χ3n) is 2.73. The fourth-order valence-electron chi connectivity index (χ4n) is 1.84. The largest absolute Gasteiger partial charge is 0.392 e. The van der Waals surface area contributed by atoms with Crippen LogP contribution in [0.1, 0.15) is 20.3 Å². The molecule has 0 saturated carbocycles. The van der Waals surface area contributed by atoms with Crippen molar-refractivity contribution in [1.29, 1.82) is 0 Å². The van der Waals surface area contributed by atoms with Crippen LogP contribution in [0.3, 0.4) is 0 Å². The summed E-state index contributed by atoms with van der Waals surface area (Å²) in [5, 5.41) is 14.4. The van der Waals surface area contributed by atoms with Gasteiger partial charge in [-0.15, -0.1) is 0 Å². The van der Waals surface area contributed by atoms with E-state index in [4.69, 9.17) is 0 Å². The molecule has 6 nitrogen and oxygen atoms in total. The van der Waals surface area contributed by atoms with Gasteiger partial charge in [0, 0.05) is 18.8 Å². The summed E-state index contributed by atoms with van der Waals surface area (Å²) in [7, 11) is 0. The fraction of sp³-hybridized carbons (Fsp3) is 0.467. The molecule has 0 aliphatic carbocycles. The summed E-state index contributed by atoms with van der Waals surface area (Å²) < 4.78 is 0. The highest BCUT2D eigenvalue weighted by Gasteiger charge is 2.15. The van der Waals surface area contributed by atoms with E-state index in [9.17, 15) is 14.7 Å². The van der Waals surface area contributed by atoms with Crippen molar-refractivity contribution in [3.05, 3.63) is 30.3 Å². The molecule has 6 heteroatoms. The standard InChI is InChI=1S/C15H23N3O3/c1-3-9-16-15(21)17-14(20)11-18(10-12(2)19)13-7-5-4-6-8-13/h4-8,12,19H,3,9-11H2,1-2H3,(H2,16,17,20,21)/t12-/m1/s1. The Morgan fingerprint density at radius 1 is 1.29 bits per heavy atom. The van der Waals surface area contributed by atoms with Gasteiger partial charge < -0.3 is 15.3 Å². The van der Waals surface area contributed by atoms with Gasteiger partial charge in [0.15, 0.2) is 0 Å². The molecule has 0 saturated heterocycles. The molecule has 21 heavy (non-hydrogen) atoms. The third-order valence-corrected chi connectivity index (χ3v) is 2.73. The number of anilines is 1. The van der Waals surface area contributed by atoms with Crippen LogP contribution in [0.2, 0.25) is 0 Å². The SMILES string of the molecule is CCCNC(=O)NC(=O)CN(C[C@@H](C)O)c1ccccc1. The van der Waals surface area contributed by atoms with Crippen LogP contribution < -0.4 is 15.5 Å². The van der Waals surface area contributed by atoms with Crippen LogP contribution in [0.25, 0.3) is 0 Å². The highest BCUT2D eigenvalue weighted by atomic mass is 16.3. The maximum atomic E-state index is 11.9. The van der Waals surface area contributed by atoms with E-state index in [1.807, 2.05) is 37.3 Å². The summed E-state index contributed by atoms with van der Waals surface area (Å²) >= 11 is 0. The number of urea groups is 1. The van der Waals surface area contributed by atoms with Gasteiger partial charge in [0.25, 0.3) is 0 Å². The zero-order chi connectivity index (χ0) is 15.7. The summed E-state index contributed by atoms with van der Waals surface area (Å²) in [6.45, 7) is 4.43. The lowest BCUT2D eigenvalue weighted by atomic mass is 10.2. The highest BCUT2D eigenvalue weighted by Crippen LogP contribution is 2.13. The first-order valence-electron chi connectivity index (χ1n) is 7.08. The monoisotopic (exact) mass is 293 g/mol. The number of hydrogen-bond donors (Lipinski definition) is 3. The Morgan fingerprint density at radius 2 is 1.95 bits per heavy atom. The number of carbonyl (C=O) groups excluding carboxylic acids is 2. The number of rotatable bonds is 7. The molecule has 0 radical (unpaired) electrons. The second-order valence-electron chi connectivity index (χ2n) is 4.87. The fourth-order valence-corrected chi connectivity index (χ4v) is 1.84. The Bertz CT molecular complexity index is 449. The van der Waals surface area contributed by atoms with Gasteiger partial charge >= 0.3 is 6.03 Å². The molecule has 0 aromatic heterocycles. The van der Waals surface area contributed by atoms with Crippen molar-refractivity contribution in [2.45, 2.75) is 26.4 Å². The number of para-hydroxylation sites is 1. The van der Waals surface area contributed by atoms with E-state index in [0.29, 0.717) is 13.1 Å². The molecular formula is C15H23N3O3. The van der Waals surface area contributed by atoms with Crippen molar-refractivity contribution >= 4 is 17.6 Å². The molecule has 0 bridgehead atoms. The minimum Gasteiger partial charge on any atom is -0.392 e. The Hall–Kier alpha value is -2.08. The summed E-state index contributed by atoms with van der Waals surface area (Å²) in [6, 6.07) is 8.81. The Labute approximate surface area is 125 Å². The van der Waals surface area contributed by atoms with Gasteiger partial charge in [0.2, 0.25) is 5.91 Å². The Balaban J connectivity index is 2.60. The molecule has 3 amide bonds. The smallest absolute Gasteiger partial charge is 0.321 e. The van der Waals surface area contributed by atoms with Crippen LogP contribution in [0.5, 0.6) is 0 Å². The second kappa shape index (κ2) is 8.97. The van der Waals surface area contributed by atoms with Crippen molar-refractivity contribution in [2.75, 3.05) is 24.5 Å². The Kier molecular flexibility index (Phi) is 7.25. The molecule has 1 aromatic rings. The lowest BCUT2D eigenvalue weighted by molar-refractivity contribution is -0.118. The molecule has 0 fully saturated rings. The van der Waals surface area contributed by atoms with Gasteiger partial charge in [-0.25, -0.2) is 4.79 Å². The summed E-state index contributed by atoms with van der Waals surface area (Å²) in [4.78, 5) is 25.1. The quantitative estimate of drug-likeness (QED) is 0.703. The summed E-state index contributed by atoms with van der Waals surface area (Å²) in [5.74, 6) is -0.409. The van der Waals surface area contributed by atoms with E-state index in [1.165, 1.54) is 0 Å². The number of aliphatic hydroxyl groups excluding tert-OH is 1. The molecule has 0 heterocycles. The average Bonchev–Trinajstić information content (AvgIpc) is 2.44. The number of amides is 3. The van der Waals surface area contributed by atoms with Gasteiger partial charge in [0.1, 0.15) is 0 Å². The van der Waals surface area contributed by atoms with E-state index in [2.05, 4.69) is 10.6 Å². The maximum absolute atomic E-state index is 11.9. The van der Waals surface area contributed by atoms with Crippen molar-refractivity contribution in [2.24, 2.45) is 0 Å². The first kappa shape index (κ1) is 17.0. The van der Waals surface area contributed by atoms with Crippen LogP contribution in [0.4, 0.5) is 10.5 Å². The number of imide groups is 1. The topological polar surface area (TPSA) is 81.7 Å². The van der Waals surface area contributed by atoms with Crippen molar-refractivity contribution in [3.8, 4) is 0 Å². The van der Waals surface area contributed by atoms with E-state index >= 15 is 0 Å². The number of hydrogen-bond acceptors (Lipinski definition) is 4. The maximum Gasteiger partial charge on any atom is 0.321 e. The van der Waals surface area contributed by atoms with Gasteiger partial charge in [-0.3, -0.25) is 10.1 Å². The third kappa shape index (κ3) is 6.76. The average molecular weight is 293 g/mol. The van der Waals surface area contributed by atoms with E-state index in [0.717, 1.165) is 12.1 Å². The van der Waals surface area contributed by atoms with Crippen molar-refractivity contribution in [3.63, 3.8) is 0 Å². The van der Waals surface area contributed by atoms with Crippen molar-refractivity contribution in [1.82, 2.24) is 10.6 Å². The van der Waals surface area contributed by atoms with Gasteiger partial charge in [-0.1, -0.05) is 25.1 Å². The summed E-state index contributed by atoms with van der Waals surface area (Å²) in [5.41, 5.74) is 0.822. The predicted octanol–water partition coefficient (Wildman–Crippen LogP) is 1.11. The molecular weight excluding hydrogens is 270 g/mol. The number of carbonyl (C=O) groups is 2. The molecule has 0 aliphatic heterocycles. The number of benzene rings is 1. The van der Waals surface area contributed by atoms with E-state index in [1.54, 1.807) is 11.8 Å². The predicted molar refractivity (Wildman–Crippen MR) is 82.2 cm³/mol. The first-order valence-corrected chi connectivity index (χ1v) is 7.08. The normalized spacial score (nSPS) is 11.6. The molecule has 3 N–H and O–H groups in total. The van der Waals surface area contributed by atoms with Crippen LogP contribution in [0.15, 0.2) is 30.3 Å². The second-order valence-corrected chi connectivity index (χ2v) is 4.87. The first-order chi connectivity index (χ1) is 10.0. The minimum absolute atomic E-state index is 0.00839. The zero-order valence-corrected chi connectivity index (χ0v) is 12.5. The highest BCUT2D eigenvalue weighted by molar-refractivity contribution is 5.96. The molecule has 1 rings (SSSR count). The summed E-state index contributed by atoms with van der Waals surface area (Å²) in [6.07, 6.45) is 0.228. The minimum atomic E-state index is -0.577. The van der Waals surface area contributed by atoms with E-state index < -0.39 is 18.0 Å². The molecule has 0 spiro atoms. The lowest BCUT2D eigenvalue weighted by Crippen LogP contribution is -2.46. The van der Waals surface area contributed by atoms with Crippen LogP contribution in [-0.2, 0) is 4.79 Å². The van der Waals surface area contributed by atoms with E-state index in [-0.39, 0.29) is 6.54 Å². The molecule has 0 unspecified atom stereocenters. The van der Waals surface area contributed by atoms with Gasteiger partial charge in [-0.05, 0) is 25.5 Å². The number of nitrogens with zero attached hydrogens (tertiary/aromatic N) is 1. The Morgan fingerprint density at radius 3 is 2.52 bits per heavy atom.